The molecule has 0 aromatic heterocycles. The molecule has 102 valence electrons. The van der Waals surface area contributed by atoms with Gasteiger partial charge in [0.1, 0.15) is 6.10 Å². The molecule has 5 heteroatoms. The first-order chi connectivity index (χ1) is 9.06. The first-order valence-electron chi connectivity index (χ1n) is 6.37. The predicted octanol–water partition coefficient (Wildman–Crippen LogP) is 0.0707. The van der Waals surface area contributed by atoms with Crippen molar-refractivity contribution in [2.24, 2.45) is 5.73 Å². The Labute approximate surface area is 111 Å². The topological polar surface area (TPSA) is 92.4 Å². The van der Waals surface area contributed by atoms with E-state index < -0.39 is 17.4 Å². The second-order valence-electron chi connectivity index (χ2n) is 4.93. The normalized spacial score (nSPS) is 18.2. The molecule has 0 bridgehead atoms. The van der Waals surface area contributed by atoms with E-state index in [0.29, 0.717) is 0 Å². The van der Waals surface area contributed by atoms with Crippen molar-refractivity contribution in [1.82, 2.24) is 5.32 Å². The van der Waals surface area contributed by atoms with Crippen molar-refractivity contribution >= 4 is 11.8 Å². The smallest absolute Gasteiger partial charge is 0.248 e. The number of nitrogens with two attached hydrogens (primary N) is 1. The highest BCUT2D eigenvalue weighted by Crippen LogP contribution is 2.43. The minimum absolute atomic E-state index is 0.136. The van der Waals surface area contributed by atoms with Crippen molar-refractivity contribution in [3.63, 3.8) is 0 Å². The molecule has 4 N–H and O–H groups in total. The van der Waals surface area contributed by atoms with Crippen LogP contribution in [0.5, 0.6) is 0 Å². The summed E-state index contributed by atoms with van der Waals surface area (Å²) in [5, 5.41) is 11.9. The summed E-state index contributed by atoms with van der Waals surface area (Å²) in [7, 11) is 0. The van der Waals surface area contributed by atoms with Gasteiger partial charge in [-0.3, -0.25) is 9.59 Å². The SMILES string of the molecule is NC(=O)C(O)CNC(=O)C1(c2ccccc2)CCC1. The molecular formula is C14H18N2O3. The van der Waals surface area contributed by atoms with Crippen LogP contribution >= 0.6 is 0 Å². The van der Waals surface area contributed by atoms with Crippen LogP contribution in [-0.4, -0.2) is 29.6 Å². The maximum atomic E-state index is 12.3. The van der Waals surface area contributed by atoms with E-state index >= 15 is 0 Å². The molecule has 1 atom stereocenters. The molecule has 2 amide bonds. The van der Waals surface area contributed by atoms with Crippen molar-refractivity contribution < 1.29 is 14.7 Å². The molecular weight excluding hydrogens is 244 g/mol. The largest absolute Gasteiger partial charge is 0.381 e. The average molecular weight is 262 g/mol. The van der Waals surface area contributed by atoms with E-state index in [2.05, 4.69) is 5.32 Å². The van der Waals surface area contributed by atoms with Crippen LogP contribution < -0.4 is 11.1 Å². The molecule has 0 spiro atoms. The van der Waals surface area contributed by atoms with Crippen LogP contribution in [0.3, 0.4) is 0 Å². The number of benzene rings is 1. The fraction of sp³-hybridized carbons (Fsp3) is 0.429. The second kappa shape index (κ2) is 5.40. The summed E-state index contributed by atoms with van der Waals surface area (Å²) in [5.41, 5.74) is 5.41. The minimum Gasteiger partial charge on any atom is -0.381 e. The van der Waals surface area contributed by atoms with Gasteiger partial charge in [-0.05, 0) is 18.4 Å². The van der Waals surface area contributed by atoms with Crippen LogP contribution in [0.2, 0.25) is 0 Å². The van der Waals surface area contributed by atoms with Gasteiger partial charge in [0, 0.05) is 0 Å². The number of nitrogens with one attached hydrogen (secondary N) is 1. The van der Waals surface area contributed by atoms with Gasteiger partial charge < -0.3 is 16.2 Å². The number of aliphatic hydroxyl groups excluding tert-OH is 1. The van der Waals surface area contributed by atoms with Crippen LogP contribution in [0.4, 0.5) is 0 Å². The number of rotatable bonds is 5. The van der Waals surface area contributed by atoms with Crippen molar-refractivity contribution in [3.8, 4) is 0 Å². The number of primary amides is 1. The molecule has 1 aliphatic carbocycles. The molecule has 1 saturated carbocycles. The van der Waals surface area contributed by atoms with Gasteiger partial charge in [-0.1, -0.05) is 36.8 Å². The van der Waals surface area contributed by atoms with Crippen molar-refractivity contribution in [2.45, 2.75) is 30.8 Å². The third-order valence-electron chi connectivity index (χ3n) is 3.75. The molecule has 19 heavy (non-hydrogen) atoms. The Hall–Kier alpha value is -1.88. The third kappa shape index (κ3) is 2.61. The molecule has 1 aromatic rings. The number of hydrogen-bond donors (Lipinski definition) is 3. The fourth-order valence-corrected chi connectivity index (χ4v) is 2.39. The summed E-state index contributed by atoms with van der Waals surface area (Å²) in [4.78, 5) is 23.0. The zero-order chi connectivity index (χ0) is 13.9. The van der Waals surface area contributed by atoms with Crippen molar-refractivity contribution in [1.29, 1.82) is 0 Å². The van der Waals surface area contributed by atoms with Crippen LogP contribution in [-0.2, 0) is 15.0 Å². The quantitative estimate of drug-likeness (QED) is 0.701. The molecule has 0 saturated heterocycles. The number of carbonyl (C=O) groups excluding carboxylic acids is 2. The maximum absolute atomic E-state index is 12.3. The third-order valence-corrected chi connectivity index (χ3v) is 3.75. The predicted molar refractivity (Wildman–Crippen MR) is 70.2 cm³/mol. The van der Waals surface area contributed by atoms with Crippen molar-refractivity contribution in [3.05, 3.63) is 35.9 Å². The molecule has 1 aromatic carbocycles. The summed E-state index contributed by atoms with van der Waals surface area (Å²) in [6, 6.07) is 9.58. The molecule has 1 fully saturated rings. The van der Waals surface area contributed by atoms with Crippen LogP contribution in [0, 0.1) is 0 Å². The highest BCUT2D eigenvalue weighted by atomic mass is 16.3. The van der Waals surface area contributed by atoms with E-state index in [4.69, 9.17) is 5.73 Å². The van der Waals surface area contributed by atoms with Gasteiger partial charge in [0.2, 0.25) is 11.8 Å². The molecule has 0 radical (unpaired) electrons. The van der Waals surface area contributed by atoms with Gasteiger partial charge in [-0.25, -0.2) is 0 Å². The molecule has 1 aliphatic rings. The molecule has 2 rings (SSSR count). The second-order valence-corrected chi connectivity index (χ2v) is 4.93. The Balaban J connectivity index is 2.06. The first kappa shape index (κ1) is 13.5. The Kier molecular flexibility index (Phi) is 3.85. The lowest BCUT2D eigenvalue weighted by molar-refractivity contribution is -0.131. The highest BCUT2D eigenvalue weighted by Gasteiger charge is 2.45. The lowest BCUT2D eigenvalue weighted by Gasteiger charge is -2.40. The zero-order valence-electron chi connectivity index (χ0n) is 10.6. The van der Waals surface area contributed by atoms with Crippen LogP contribution in [0.1, 0.15) is 24.8 Å². The standard InChI is InChI=1S/C14H18N2O3/c15-12(18)11(17)9-16-13(19)14(7-4-8-14)10-5-2-1-3-6-10/h1-3,5-6,11,17H,4,7-9H2,(H2,15,18)(H,16,19). The number of carbonyl (C=O) groups is 2. The lowest BCUT2D eigenvalue weighted by atomic mass is 9.64. The summed E-state index contributed by atoms with van der Waals surface area (Å²) in [6.07, 6.45) is 1.24. The monoisotopic (exact) mass is 262 g/mol. The molecule has 1 unspecified atom stereocenters. The van der Waals surface area contributed by atoms with Crippen molar-refractivity contribution in [2.75, 3.05) is 6.54 Å². The fourth-order valence-electron chi connectivity index (χ4n) is 2.39. The Morgan fingerprint density at radius 1 is 1.32 bits per heavy atom. The van der Waals surface area contributed by atoms with Crippen LogP contribution in [0.25, 0.3) is 0 Å². The van der Waals surface area contributed by atoms with Gasteiger partial charge in [-0.2, -0.15) is 0 Å². The average Bonchev–Trinajstić information content (AvgIpc) is 2.35. The van der Waals surface area contributed by atoms with Gasteiger partial charge >= 0.3 is 0 Å². The van der Waals surface area contributed by atoms with E-state index in [1.54, 1.807) is 0 Å². The van der Waals surface area contributed by atoms with Gasteiger partial charge in [0.05, 0.1) is 12.0 Å². The van der Waals surface area contributed by atoms with Gasteiger partial charge in [0.15, 0.2) is 0 Å². The Bertz CT molecular complexity index is 469. The number of amides is 2. The van der Waals surface area contributed by atoms with Gasteiger partial charge in [0.25, 0.3) is 0 Å². The summed E-state index contributed by atoms with van der Waals surface area (Å²) < 4.78 is 0. The number of hydrogen-bond acceptors (Lipinski definition) is 3. The summed E-state index contributed by atoms with van der Waals surface area (Å²) >= 11 is 0. The van der Waals surface area contributed by atoms with E-state index in [1.165, 1.54) is 0 Å². The molecule has 0 aliphatic heterocycles. The van der Waals surface area contributed by atoms with E-state index in [0.717, 1.165) is 24.8 Å². The van der Waals surface area contributed by atoms with E-state index in [-0.39, 0.29) is 12.5 Å². The van der Waals surface area contributed by atoms with Gasteiger partial charge in [-0.15, -0.1) is 0 Å². The molecule has 0 heterocycles. The summed E-state index contributed by atoms with van der Waals surface area (Å²) in [5.74, 6) is -0.979. The van der Waals surface area contributed by atoms with E-state index in [1.807, 2.05) is 30.3 Å². The maximum Gasteiger partial charge on any atom is 0.248 e. The number of aliphatic hydroxyl groups is 1. The Morgan fingerprint density at radius 2 is 1.95 bits per heavy atom. The van der Waals surface area contributed by atoms with E-state index in [9.17, 15) is 14.7 Å². The first-order valence-corrected chi connectivity index (χ1v) is 6.37. The minimum atomic E-state index is -1.34. The summed E-state index contributed by atoms with van der Waals surface area (Å²) in [6.45, 7) is -0.136. The Morgan fingerprint density at radius 3 is 2.42 bits per heavy atom. The highest BCUT2D eigenvalue weighted by molar-refractivity contribution is 5.90. The van der Waals surface area contributed by atoms with Crippen LogP contribution in [0.15, 0.2) is 30.3 Å². The molecule has 5 nitrogen and oxygen atoms in total. The lowest BCUT2D eigenvalue weighted by Crippen LogP contribution is -2.51. The zero-order valence-corrected chi connectivity index (χ0v) is 10.6.